The molecule has 0 spiro atoms. The lowest BCUT2D eigenvalue weighted by molar-refractivity contribution is 0.112. The lowest BCUT2D eigenvalue weighted by Gasteiger charge is -2.05. The van der Waals surface area contributed by atoms with E-state index in [1.54, 1.807) is 24.3 Å². The van der Waals surface area contributed by atoms with E-state index in [0.717, 1.165) is 17.4 Å². The van der Waals surface area contributed by atoms with E-state index < -0.39 is 0 Å². The molecular formula is C13H7Cl3O. The minimum Gasteiger partial charge on any atom is -0.298 e. The first-order chi connectivity index (χ1) is 8.11. The Morgan fingerprint density at radius 2 is 1.35 bits per heavy atom. The van der Waals surface area contributed by atoms with Crippen molar-refractivity contribution in [1.29, 1.82) is 0 Å². The maximum Gasteiger partial charge on any atom is 0.151 e. The van der Waals surface area contributed by atoms with Gasteiger partial charge >= 0.3 is 0 Å². The van der Waals surface area contributed by atoms with Crippen LogP contribution in [0.3, 0.4) is 0 Å². The van der Waals surface area contributed by atoms with Gasteiger partial charge < -0.3 is 0 Å². The summed E-state index contributed by atoms with van der Waals surface area (Å²) in [7, 11) is 0. The molecule has 0 aromatic heterocycles. The van der Waals surface area contributed by atoms with Crippen molar-refractivity contribution in [1.82, 2.24) is 0 Å². The summed E-state index contributed by atoms with van der Waals surface area (Å²) in [6, 6.07) is 10.5. The highest BCUT2D eigenvalue weighted by molar-refractivity contribution is 6.42. The maximum atomic E-state index is 10.8. The van der Waals surface area contributed by atoms with Crippen molar-refractivity contribution in [2.45, 2.75) is 0 Å². The zero-order valence-corrected chi connectivity index (χ0v) is 10.9. The third-order valence-corrected chi connectivity index (χ3v) is 3.46. The molecule has 2 rings (SSSR count). The molecule has 2 aromatic carbocycles. The van der Waals surface area contributed by atoms with Gasteiger partial charge in [0, 0.05) is 5.56 Å². The van der Waals surface area contributed by atoms with Gasteiger partial charge in [-0.3, -0.25) is 4.79 Å². The smallest absolute Gasteiger partial charge is 0.151 e. The average molecular weight is 286 g/mol. The Bertz CT molecular complexity index is 579. The fraction of sp³-hybridized carbons (Fsp3) is 0. The summed E-state index contributed by atoms with van der Waals surface area (Å²) < 4.78 is 0. The summed E-state index contributed by atoms with van der Waals surface area (Å²) >= 11 is 17.6. The van der Waals surface area contributed by atoms with E-state index in [-0.39, 0.29) is 0 Å². The lowest BCUT2D eigenvalue weighted by atomic mass is 10.0. The zero-order valence-electron chi connectivity index (χ0n) is 8.58. The van der Waals surface area contributed by atoms with E-state index >= 15 is 0 Å². The van der Waals surface area contributed by atoms with Gasteiger partial charge in [0.15, 0.2) is 6.29 Å². The summed E-state index contributed by atoms with van der Waals surface area (Å²) in [6.07, 6.45) is 0.726. The third-order valence-electron chi connectivity index (χ3n) is 2.38. The topological polar surface area (TPSA) is 17.1 Å². The summed E-state index contributed by atoms with van der Waals surface area (Å²) in [5.41, 5.74) is 2.21. The summed E-state index contributed by atoms with van der Waals surface area (Å²) in [5, 5.41) is 1.41. The predicted octanol–water partition coefficient (Wildman–Crippen LogP) is 5.13. The molecule has 0 saturated heterocycles. The fourth-order valence-electron chi connectivity index (χ4n) is 1.49. The molecule has 0 aliphatic carbocycles. The van der Waals surface area contributed by atoms with Crippen LogP contribution in [-0.2, 0) is 0 Å². The minimum absolute atomic E-state index is 0.434. The molecule has 0 aliphatic rings. The van der Waals surface area contributed by atoms with Crippen LogP contribution in [0, 0.1) is 0 Å². The molecule has 86 valence electrons. The molecule has 0 unspecified atom stereocenters. The molecule has 17 heavy (non-hydrogen) atoms. The molecule has 0 radical (unpaired) electrons. The Hall–Kier alpha value is -1.02. The Balaban J connectivity index is 2.52. The molecule has 0 atom stereocenters. The second-order valence-electron chi connectivity index (χ2n) is 3.48. The number of hydrogen-bond acceptors (Lipinski definition) is 1. The average Bonchev–Trinajstić information content (AvgIpc) is 2.33. The van der Waals surface area contributed by atoms with Crippen LogP contribution in [0.4, 0.5) is 0 Å². The van der Waals surface area contributed by atoms with Gasteiger partial charge in [0.1, 0.15) is 0 Å². The highest BCUT2D eigenvalue weighted by atomic mass is 35.5. The zero-order chi connectivity index (χ0) is 12.4. The Morgan fingerprint density at radius 1 is 0.765 bits per heavy atom. The van der Waals surface area contributed by atoms with Crippen LogP contribution < -0.4 is 0 Å². The number of halogens is 3. The second-order valence-corrected chi connectivity index (χ2v) is 4.70. The third kappa shape index (κ3) is 2.63. The first-order valence-electron chi connectivity index (χ1n) is 4.82. The van der Waals surface area contributed by atoms with Gasteiger partial charge in [-0.15, -0.1) is 0 Å². The van der Waals surface area contributed by atoms with Gasteiger partial charge in [0.05, 0.1) is 15.1 Å². The van der Waals surface area contributed by atoms with Crippen LogP contribution in [0.15, 0.2) is 36.4 Å². The molecule has 4 heteroatoms. The molecular weight excluding hydrogens is 279 g/mol. The van der Waals surface area contributed by atoms with Crippen LogP contribution in [0.2, 0.25) is 15.1 Å². The van der Waals surface area contributed by atoms with Crippen molar-refractivity contribution in [3.63, 3.8) is 0 Å². The summed E-state index contributed by atoms with van der Waals surface area (Å²) in [4.78, 5) is 10.8. The van der Waals surface area contributed by atoms with Crippen LogP contribution in [0.5, 0.6) is 0 Å². The van der Waals surface area contributed by atoms with E-state index in [1.165, 1.54) is 0 Å². The Kier molecular flexibility index (Phi) is 3.72. The van der Waals surface area contributed by atoms with Crippen LogP contribution in [-0.4, -0.2) is 6.29 Å². The molecule has 0 heterocycles. The highest BCUT2D eigenvalue weighted by Gasteiger charge is 2.05. The number of carbonyl (C=O) groups excluding carboxylic acids is 1. The normalized spacial score (nSPS) is 10.3. The number of carbonyl (C=O) groups is 1. The fourth-order valence-corrected chi connectivity index (χ4v) is 1.95. The second kappa shape index (κ2) is 5.09. The van der Waals surface area contributed by atoms with Crippen molar-refractivity contribution < 1.29 is 4.79 Å². The van der Waals surface area contributed by atoms with E-state index in [2.05, 4.69) is 0 Å². The van der Waals surface area contributed by atoms with E-state index in [4.69, 9.17) is 34.8 Å². The van der Waals surface area contributed by atoms with Crippen molar-refractivity contribution in [2.24, 2.45) is 0 Å². The molecule has 0 fully saturated rings. The molecule has 2 aromatic rings. The van der Waals surface area contributed by atoms with E-state index in [0.29, 0.717) is 20.6 Å². The number of aldehydes is 1. The van der Waals surface area contributed by atoms with E-state index in [1.807, 2.05) is 12.1 Å². The SMILES string of the molecule is O=Cc1cc(-c2ccc(Cl)c(Cl)c2)ccc1Cl. The van der Waals surface area contributed by atoms with E-state index in [9.17, 15) is 4.79 Å². The summed E-state index contributed by atoms with van der Waals surface area (Å²) in [6.45, 7) is 0. The highest BCUT2D eigenvalue weighted by Crippen LogP contribution is 2.30. The quantitative estimate of drug-likeness (QED) is 0.699. The van der Waals surface area contributed by atoms with Gasteiger partial charge in [-0.1, -0.05) is 46.9 Å². The van der Waals surface area contributed by atoms with Gasteiger partial charge in [-0.2, -0.15) is 0 Å². The lowest BCUT2D eigenvalue weighted by Crippen LogP contribution is -1.85. The number of hydrogen-bond donors (Lipinski definition) is 0. The largest absolute Gasteiger partial charge is 0.298 e. The van der Waals surface area contributed by atoms with Gasteiger partial charge in [-0.05, 0) is 35.4 Å². The monoisotopic (exact) mass is 284 g/mol. The standard InChI is InChI=1S/C13H7Cl3O/c14-11-3-1-8(5-10(11)7-17)9-2-4-12(15)13(16)6-9/h1-7H. The predicted molar refractivity (Wildman–Crippen MR) is 72.3 cm³/mol. The van der Waals surface area contributed by atoms with Crippen molar-refractivity contribution >= 4 is 41.1 Å². The van der Waals surface area contributed by atoms with Crippen LogP contribution in [0.25, 0.3) is 11.1 Å². The first-order valence-corrected chi connectivity index (χ1v) is 5.95. The molecule has 0 aliphatic heterocycles. The Labute approximate surface area is 114 Å². The molecule has 0 amide bonds. The molecule has 0 saturated carbocycles. The first kappa shape index (κ1) is 12.4. The summed E-state index contributed by atoms with van der Waals surface area (Å²) in [5.74, 6) is 0. The molecule has 0 bridgehead atoms. The van der Waals surface area contributed by atoms with Crippen molar-refractivity contribution in [3.05, 3.63) is 57.0 Å². The van der Waals surface area contributed by atoms with Gasteiger partial charge in [-0.25, -0.2) is 0 Å². The molecule has 0 N–H and O–H groups in total. The van der Waals surface area contributed by atoms with Crippen molar-refractivity contribution in [3.8, 4) is 11.1 Å². The number of rotatable bonds is 2. The van der Waals surface area contributed by atoms with Crippen LogP contribution >= 0.6 is 34.8 Å². The van der Waals surface area contributed by atoms with Gasteiger partial charge in [0.2, 0.25) is 0 Å². The van der Waals surface area contributed by atoms with Gasteiger partial charge in [0.25, 0.3) is 0 Å². The van der Waals surface area contributed by atoms with Crippen LogP contribution in [0.1, 0.15) is 10.4 Å². The molecule has 1 nitrogen and oxygen atoms in total. The van der Waals surface area contributed by atoms with Crippen molar-refractivity contribution in [2.75, 3.05) is 0 Å². The minimum atomic E-state index is 0.434. The number of benzene rings is 2. The Morgan fingerprint density at radius 3 is 1.94 bits per heavy atom. The maximum absolute atomic E-state index is 10.8.